The number of rotatable bonds is 5. The number of aromatic carboxylic acids is 1. The predicted molar refractivity (Wildman–Crippen MR) is 113 cm³/mol. The molecule has 5 rings (SSSR count). The minimum Gasteiger partial charge on any atom is -0.496 e. The number of carbonyl (C=O) groups is 2. The van der Waals surface area contributed by atoms with Crippen LogP contribution in [-0.4, -0.2) is 54.4 Å². The Morgan fingerprint density at radius 3 is 2.70 bits per heavy atom. The molecular formula is C21H19N3O5S. The monoisotopic (exact) mass is 425 g/mol. The molecule has 154 valence electrons. The van der Waals surface area contributed by atoms with E-state index in [0.717, 1.165) is 11.6 Å². The van der Waals surface area contributed by atoms with E-state index >= 15 is 0 Å². The normalized spacial score (nSPS) is 20.0. The van der Waals surface area contributed by atoms with Gasteiger partial charge in [-0.05, 0) is 30.7 Å². The third-order valence-electron chi connectivity index (χ3n) is 5.53. The van der Waals surface area contributed by atoms with E-state index in [1.807, 2.05) is 6.07 Å². The van der Waals surface area contributed by atoms with Gasteiger partial charge >= 0.3 is 5.97 Å². The molecule has 1 aromatic heterocycles. The van der Waals surface area contributed by atoms with Gasteiger partial charge in [0, 0.05) is 0 Å². The minimum absolute atomic E-state index is 0.0235. The molecule has 0 saturated carbocycles. The number of carboxylic acid groups (broad SMARTS) is 1. The van der Waals surface area contributed by atoms with E-state index in [0.29, 0.717) is 46.8 Å². The first kappa shape index (κ1) is 18.8. The summed E-state index contributed by atoms with van der Waals surface area (Å²) in [5.41, 5.74) is 1.31. The number of amides is 1. The van der Waals surface area contributed by atoms with Crippen LogP contribution in [-0.2, 0) is 4.74 Å². The summed E-state index contributed by atoms with van der Waals surface area (Å²) in [6.07, 6.45) is 1.10. The van der Waals surface area contributed by atoms with Crippen molar-refractivity contribution in [3.63, 3.8) is 0 Å². The van der Waals surface area contributed by atoms with Crippen molar-refractivity contribution in [1.29, 1.82) is 0 Å². The Labute approximate surface area is 176 Å². The second-order valence-electron chi connectivity index (χ2n) is 7.28. The van der Waals surface area contributed by atoms with Crippen molar-refractivity contribution in [2.24, 2.45) is 0 Å². The van der Waals surface area contributed by atoms with Gasteiger partial charge in [-0.25, -0.2) is 9.78 Å². The number of morpholine rings is 1. The van der Waals surface area contributed by atoms with Gasteiger partial charge in [-0.1, -0.05) is 23.5 Å². The summed E-state index contributed by atoms with van der Waals surface area (Å²) < 4.78 is 11.7. The van der Waals surface area contributed by atoms with Gasteiger partial charge in [0.15, 0.2) is 5.13 Å². The van der Waals surface area contributed by atoms with Gasteiger partial charge in [0.2, 0.25) is 0 Å². The number of benzene rings is 2. The van der Waals surface area contributed by atoms with Crippen molar-refractivity contribution in [2.75, 3.05) is 30.5 Å². The smallest absolute Gasteiger partial charge is 0.337 e. The summed E-state index contributed by atoms with van der Waals surface area (Å²) >= 11 is 1.45. The molecule has 9 heteroatoms. The van der Waals surface area contributed by atoms with Gasteiger partial charge < -0.3 is 24.8 Å². The number of thiazole rings is 1. The minimum atomic E-state index is -1.11. The molecule has 1 amide bonds. The zero-order chi connectivity index (χ0) is 20.8. The van der Waals surface area contributed by atoms with E-state index in [-0.39, 0.29) is 11.3 Å². The molecule has 3 heterocycles. The molecule has 2 fully saturated rings. The highest BCUT2D eigenvalue weighted by molar-refractivity contribution is 7.22. The second kappa shape index (κ2) is 7.26. The molecule has 0 aliphatic carbocycles. The Kier molecular flexibility index (Phi) is 4.56. The molecule has 2 N–H and O–H groups in total. The number of anilines is 2. The number of methoxy groups -OCH3 is 1. The van der Waals surface area contributed by atoms with Crippen LogP contribution in [0.1, 0.15) is 27.1 Å². The number of para-hydroxylation sites is 1. The largest absolute Gasteiger partial charge is 0.496 e. The highest BCUT2D eigenvalue weighted by atomic mass is 32.1. The fraction of sp³-hybridized carbons (Fsp3) is 0.286. The number of fused-ring (bicyclic) bond motifs is 3. The van der Waals surface area contributed by atoms with Crippen LogP contribution in [0.25, 0.3) is 10.2 Å². The lowest BCUT2D eigenvalue weighted by Crippen LogP contribution is -2.64. The van der Waals surface area contributed by atoms with E-state index in [1.54, 1.807) is 24.3 Å². The zero-order valence-electron chi connectivity index (χ0n) is 16.1. The first-order chi connectivity index (χ1) is 14.6. The van der Waals surface area contributed by atoms with Crippen LogP contribution in [0, 0.1) is 0 Å². The maximum Gasteiger partial charge on any atom is 0.337 e. The molecule has 2 aliphatic rings. The topological polar surface area (TPSA) is 101 Å². The van der Waals surface area contributed by atoms with Crippen molar-refractivity contribution >= 4 is 44.2 Å². The SMILES string of the molecule is COc1ccc2nc(N3C4COCC3C4)sc2c1C(=O)Nc1ccccc1C(=O)O. The van der Waals surface area contributed by atoms with E-state index in [1.165, 1.54) is 24.5 Å². The van der Waals surface area contributed by atoms with Crippen molar-refractivity contribution in [3.05, 3.63) is 47.5 Å². The molecule has 2 atom stereocenters. The summed E-state index contributed by atoms with van der Waals surface area (Å²) in [6, 6.07) is 10.5. The summed E-state index contributed by atoms with van der Waals surface area (Å²) in [7, 11) is 1.50. The van der Waals surface area contributed by atoms with Crippen molar-refractivity contribution in [2.45, 2.75) is 18.5 Å². The Bertz CT molecular complexity index is 1150. The number of carbonyl (C=O) groups excluding carboxylic acids is 1. The number of aromatic nitrogens is 1. The first-order valence-electron chi connectivity index (χ1n) is 9.54. The molecule has 8 nitrogen and oxygen atoms in total. The molecule has 2 saturated heterocycles. The summed E-state index contributed by atoms with van der Waals surface area (Å²) in [6.45, 7) is 1.38. The Morgan fingerprint density at radius 2 is 2.00 bits per heavy atom. The molecule has 2 bridgehead atoms. The van der Waals surface area contributed by atoms with E-state index in [4.69, 9.17) is 14.5 Å². The first-order valence-corrected chi connectivity index (χ1v) is 10.4. The van der Waals surface area contributed by atoms with Crippen LogP contribution in [0.2, 0.25) is 0 Å². The predicted octanol–water partition coefficient (Wildman–Crippen LogP) is 3.23. The van der Waals surface area contributed by atoms with Crippen LogP contribution in [0.4, 0.5) is 10.8 Å². The Morgan fingerprint density at radius 1 is 1.23 bits per heavy atom. The Hall–Kier alpha value is -3.17. The molecule has 2 unspecified atom stereocenters. The Balaban J connectivity index is 1.54. The van der Waals surface area contributed by atoms with Crippen molar-refractivity contribution < 1.29 is 24.2 Å². The lowest BCUT2D eigenvalue weighted by atomic mass is 9.92. The molecular weight excluding hydrogens is 406 g/mol. The molecule has 2 aromatic carbocycles. The molecule has 0 spiro atoms. The highest BCUT2D eigenvalue weighted by Gasteiger charge is 2.44. The van der Waals surface area contributed by atoms with Gasteiger partial charge in [-0.15, -0.1) is 0 Å². The molecule has 30 heavy (non-hydrogen) atoms. The maximum atomic E-state index is 13.2. The average molecular weight is 425 g/mol. The van der Waals surface area contributed by atoms with Gasteiger partial charge in [0.1, 0.15) is 11.3 Å². The molecule has 3 aromatic rings. The number of hydrogen-bond donors (Lipinski definition) is 2. The molecule has 2 aliphatic heterocycles. The fourth-order valence-electron chi connectivity index (χ4n) is 4.07. The van der Waals surface area contributed by atoms with Crippen LogP contribution in [0.5, 0.6) is 5.75 Å². The lowest BCUT2D eigenvalue weighted by Gasteiger charge is -2.52. The third-order valence-corrected chi connectivity index (χ3v) is 6.64. The van der Waals surface area contributed by atoms with E-state index in [9.17, 15) is 14.7 Å². The lowest BCUT2D eigenvalue weighted by molar-refractivity contribution is 0.0103. The van der Waals surface area contributed by atoms with Crippen LogP contribution < -0.4 is 15.0 Å². The number of nitrogens with one attached hydrogen (secondary N) is 1. The third kappa shape index (κ3) is 2.98. The standard InChI is InChI=1S/C21H19N3O5S/c1-28-16-7-6-15-18(30-21(23-15)24-11-8-12(24)10-29-9-11)17(16)19(25)22-14-5-3-2-4-13(14)20(26)27/h2-7,11-12H,8-10H2,1H3,(H,22,25)(H,26,27). The summed E-state index contributed by atoms with van der Waals surface area (Å²) in [4.78, 5) is 31.7. The van der Waals surface area contributed by atoms with Gasteiger partial charge in [0.05, 0.1) is 53.9 Å². The quantitative estimate of drug-likeness (QED) is 0.647. The van der Waals surface area contributed by atoms with Crippen molar-refractivity contribution in [1.82, 2.24) is 4.98 Å². The zero-order valence-corrected chi connectivity index (χ0v) is 16.9. The van der Waals surface area contributed by atoms with Crippen LogP contribution in [0.15, 0.2) is 36.4 Å². The fourth-order valence-corrected chi connectivity index (χ4v) is 5.32. The number of ether oxygens (including phenoxy) is 2. The highest BCUT2D eigenvalue weighted by Crippen LogP contribution is 2.42. The molecule has 0 radical (unpaired) electrons. The maximum absolute atomic E-state index is 13.2. The number of nitrogens with zero attached hydrogens (tertiary/aromatic N) is 2. The van der Waals surface area contributed by atoms with Crippen LogP contribution in [0.3, 0.4) is 0 Å². The van der Waals surface area contributed by atoms with Crippen molar-refractivity contribution in [3.8, 4) is 5.75 Å². The van der Waals surface area contributed by atoms with E-state index < -0.39 is 11.9 Å². The average Bonchev–Trinajstić information content (AvgIpc) is 3.16. The number of carboxylic acids is 1. The van der Waals surface area contributed by atoms with Gasteiger partial charge in [-0.2, -0.15) is 0 Å². The second-order valence-corrected chi connectivity index (χ2v) is 8.26. The van der Waals surface area contributed by atoms with Gasteiger partial charge in [0.25, 0.3) is 5.91 Å². The van der Waals surface area contributed by atoms with Gasteiger partial charge in [-0.3, -0.25) is 4.79 Å². The summed E-state index contributed by atoms with van der Waals surface area (Å²) in [5.74, 6) is -1.13. The number of hydrogen-bond acceptors (Lipinski definition) is 7. The van der Waals surface area contributed by atoms with E-state index in [2.05, 4.69) is 10.2 Å². The summed E-state index contributed by atoms with van der Waals surface area (Å²) in [5, 5.41) is 13.0. The van der Waals surface area contributed by atoms with Crippen LogP contribution >= 0.6 is 11.3 Å².